The van der Waals surface area contributed by atoms with Gasteiger partial charge in [0.2, 0.25) is 0 Å². The van der Waals surface area contributed by atoms with E-state index in [0.717, 1.165) is 12.6 Å². The first kappa shape index (κ1) is 14.9. The third-order valence-electron chi connectivity index (χ3n) is 5.16. The summed E-state index contributed by atoms with van der Waals surface area (Å²) in [6, 6.07) is 10.7. The van der Waals surface area contributed by atoms with Crippen LogP contribution in [0.5, 0.6) is 0 Å². The van der Waals surface area contributed by atoms with Crippen molar-refractivity contribution >= 4 is 5.69 Å². The summed E-state index contributed by atoms with van der Waals surface area (Å²) in [6.07, 6.45) is 2.74. The molecule has 0 radical (unpaired) electrons. The summed E-state index contributed by atoms with van der Waals surface area (Å²) in [5, 5.41) is 3.57. The van der Waals surface area contributed by atoms with Gasteiger partial charge in [0, 0.05) is 36.9 Å². The topological polar surface area (TPSA) is 18.5 Å². The van der Waals surface area contributed by atoms with E-state index in [2.05, 4.69) is 60.2 Å². The van der Waals surface area contributed by atoms with Gasteiger partial charge >= 0.3 is 0 Å². The van der Waals surface area contributed by atoms with Crippen LogP contribution in [0, 0.1) is 0 Å². The number of anilines is 1. The zero-order valence-corrected chi connectivity index (χ0v) is 13.7. The van der Waals surface area contributed by atoms with Gasteiger partial charge in [0.25, 0.3) is 0 Å². The number of fused-ring (bicyclic) bond motifs is 1. The maximum atomic E-state index is 3.57. The molecule has 116 valence electrons. The molecule has 1 aromatic carbocycles. The van der Waals surface area contributed by atoms with Crippen molar-refractivity contribution in [3.8, 4) is 0 Å². The molecule has 2 fully saturated rings. The van der Waals surface area contributed by atoms with Crippen molar-refractivity contribution < 1.29 is 0 Å². The highest BCUT2D eigenvalue weighted by molar-refractivity contribution is 5.56. The maximum Gasteiger partial charge on any atom is 0.0418 e. The number of rotatable bonds is 4. The van der Waals surface area contributed by atoms with E-state index in [1.165, 1.54) is 43.7 Å². The Bertz CT molecular complexity index is 473. The van der Waals surface area contributed by atoms with Crippen molar-refractivity contribution in [2.45, 2.75) is 51.7 Å². The van der Waals surface area contributed by atoms with E-state index in [1.807, 2.05) is 0 Å². The van der Waals surface area contributed by atoms with E-state index in [1.54, 1.807) is 0 Å². The van der Waals surface area contributed by atoms with Crippen molar-refractivity contribution in [2.24, 2.45) is 0 Å². The fourth-order valence-electron chi connectivity index (χ4n) is 4.05. The van der Waals surface area contributed by atoms with Crippen LogP contribution >= 0.6 is 0 Å². The van der Waals surface area contributed by atoms with Crippen LogP contribution in [0.3, 0.4) is 0 Å². The molecule has 2 heterocycles. The molecule has 0 saturated carbocycles. The molecule has 0 aliphatic carbocycles. The van der Waals surface area contributed by atoms with Gasteiger partial charge in [-0.25, -0.2) is 0 Å². The summed E-state index contributed by atoms with van der Waals surface area (Å²) < 4.78 is 0. The minimum absolute atomic E-state index is 0.417. The average Bonchev–Trinajstić information content (AvgIpc) is 2.93. The molecule has 0 aromatic heterocycles. The highest BCUT2D eigenvalue weighted by Gasteiger charge is 2.35. The first-order valence-corrected chi connectivity index (χ1v) is 8.53. The van der Waals surface area contributed by atoms with Crippen molar-refractivity contribution in [2.75, 3.05) is 31.1 Å². The van der Waals surface area contributed by atoms with E-state index in [0.29, 0.717) is 12.1 Å². The Hall–Kier alpha value is -1.06. The van der Waals surface area contributed by atoms with Crippen LogP contribution in [-0.2, 0) is 0 Å². The van der Waals surface area contributed by atoms with Gasteiger partial charge in [-0.1, -0.05) is 25.1 Å². The normalized spacial score (nSPS) is 27.7. The second-order valence-corrected chi connectivity index (χ2v) is 6.63. The third kappa shape index (κ3) is 2.95. The van der Waals surface area contributed by atoms with Crippen LogP contribution in [0.4, 0.5) is 5.69 Å². The van der Waals surface area contributed by atoms with Gasteiger partial charge in [-0.2, -0.15) is 0 Å². The molecule has 2 aliphatic heterocycles. The molecule has 1 aromatic rings. The summed E-state index contributed by atoms with van der Waals surface area (Å²) in [5.41, 5.74) is 2.88. The van der Waals surface area contributed by atoms with Crippen LogP contribution in [0.1, 0.15) is 45.2 Å². The number of para-hydroxylation sites is 1. The average molecular weight is 287 g/mol. The summed E-state index contributed by atoms with van der Waals surface area (Å²) in [5.74, 6) is 0. The first-order valence-electron chi connectivity index (χ1n) is 8.53. The predicted octanol–water partition coefficient (Wildman–Crippen LogP) is 3.03. The second kappa shape index (κ2) is 6.37. The largest absolute Gasteiger partial charge is 0.366 e. The standard InChI is InChI=1S/C18H29N3/c1-4-19-15(3)17-9-5-6-10-18(17)21-13-16-8-7-11-20(16)12-14(21)2/h5-6,9-10,14-16,19H,4,7-8,11-13H2,1-3H3. The number of nitrogens with one attached hydrogen (secondary N) is 1. The Morgan fingerprint density at radius 2 is 2.10 bits per heavy atom. The maximum absolute atomic E-state index is 3.57. The smallest absolute Gasteiger partial charge is 0.0418 e. The van der Waals surface area contributed by atoms with Gasteiger partial charge in [-0.3, -0.25) is 4.90 Å². The molecule has 3 rings (SSSR count). The third-order valence-corrected chi connectivity index (χ3v) is 5.16. The highest BCUT2D eigenvalue weighted by Crippen LogP contribution is 2.32. The second-order valence-electron chi connectivity index (χ2n) is 6.63. The summed E-state index contributed by atoms with van der Waals surface area (Å²) >= 11 is 0. The minimum atomic E-state index is 0.417. The molecule has 0 amide bonds. The zero-order valence-electron chi connectivity index (χ0n) is 13.7. The molecule has 3 nitrogen and oxygen atoms in total. The van der Waals surface area contributed by atoms with Gasteiger partial charge < -0.3 is 10.2 Å². The number of piperazine rings is 1. The van der Waals surface area contributed by atoms with Crippen LogP contribution in [0.2, 0.25) is 0 Å². The Morgan fingerprint density at radius 1 is 1.29 bits per heavy atom. The van der Waals surface area contributed by atoms with Crippen LogP contribution in [0.15, 0.2) is 24.3 Å². The van der Waals surface area contributed by atoms with E-state index >= 15 is 0 Å². The Labute approximate surface area is 129 Å². The van der Waals surface area contributed by atoms with Crippen LogP contribution < -0.4 is 10.2 Å². The van der Waals surface area contributed by atoms with Crippen molar-refractivity contribution in [3.63, 3.8) is 0 Å². The predicted molar refractivity (Wildman–Crippen MR) is 89.9 cm³/mol. The van der Waals surface area contributed by atoms with E-state index < -0.39 is 0 Å². The van der Waals surface area contributed by atoms with Gasteiger partial charge in [0.15, 0.2) is 0 Å². The van der Waals surface area contributed by atoms with E-state index in [4.69, 9.17) is 0 Å². The lowest BCUT2D eigenvalue weighted by Crippen LogP contribution is -2.55. The zero-order chi connectivity index (χ0) is 14.8. The highest BCUT2D eigenvalue weighted by atomic mass is 15.3. The molecular weight excluding hydrogens is 258 g/mol. The Morgan fingerprint density at radius 3 is 2.90 bits per heavy atom. The molecule has 3 unspecified atom stereocenters. The molecule has 2 saturated heterocycles. The van der Waals surface area contributed by atoms with E-state index in [9.17, 15) is 0 Å². The van der Waals surface area contributed by atoms with Crippen LogP contribution in [0.25, 0.3) is 0 Å². The lowest BCUT2D eigenvalue weighted by molar-refractivity contribution is 0.202. The van der Waals surface area contributed by atoms with Crippen LogP contribution in [-0.4, -0.2) is 43.2 Å². The molecule has 0 bridgehead atoms. The molecule has 2 aliphatic rings. The number of hydrogen-bond donors (Lipinski definition) is 1. The molecule has 3 heteroatoms. The molecule has 1 N–H and O–H groups in total. The van der Waals surface area contributed by atoms with Gasteiger partial charge in [0.05, 0.1) is 0 Å². The number of benzene rings is 1. The fourth-order valence-corrected chi connectivity index (χ4v) is 4.05. The van der Waals surface area contributed by atoms with E-state index in [-0.39, 0.29) is 0 Å². The Balaban J connectivity index is 1.85. The summed E-state index contributed by atoms with van der Waals surface area (Å²) in [7, 11) is 0. The van der Waals surface area contributed by atoms with Gasteiger partial charge in [0.1, 0.15) is 0 Å². The van der Waals surface area contributed by atoms with Crippen molar-refractivity contribution in [3.05, 3.63) is 29.8 Å². The number of nitrogens with zero attached hydrogens (tertiary/aromatic N) is 2. The molecular formula is C18H29N3. The number of hydrogen-bond acceptors (Lipinski definition) is 3. The summed E-state index contributed by atoms with van der Waals surface area (Å²) in [4.78, 5) is 5.34. The fraction of sp³-hybridized carbons (Fsp3) is 0.667. The van der Waals surface area contributed by atoms with Crippen molar-refractivity contribution in [1.82, 2.24) is 10.2 Å². The quantitative estimate of drug-likeness (QED) is 0.918. The molecule has 21 heavy (non-hydrogen) atoms. The first-order chi connectivity index (χ1) is 10.2. The Kier molecular flexibility index (Phi) is 4.51. The lowest BCUT2D eigenvalue weighted by atomic mass is 10.0. The van der Waals surface area contributed by atoms with Crippen molar-refractivity contribution in [1.29, 1.82) is 0 Å². The molecule has 3 atom stereocenters. The molecule has 0 spiro atoms. The lowest BCUT2D eigenvalue weighted by Gasteiger charge is -2.44. The van der Waals surface area contributed by atoms with Gasteiger partial charge in [-0.05, 0) is 51.4 Å². The monoisotopic (exact) mass is 287 g/mol. The minimum Gasteiger partial charge on any atom is -0.366 e. The summed E-state index contributed by atoms with van der Waals surface area (Å²) in [6.45, 7) is 11.6. The van der Waals surface area contributed by atoms with Gasteiger partial charge in [-0.15, -0.1) is 0 Å². The SMILES string of the molecule is CCNC(C)c1ccccc1N1CC2CCCN2CC1C.